The molecular formula is C16H16N4S. The number of aromatic amines is 2. The first-order valence-electron chi connectivity index (χ1n) is 6.71. The van der Waals surface area contributed by atoms with Gasteiger partial charge in [-0.3, -0.25) is 0 Å². The van der Waals surface area contributed by atoms with Crippen LogP contribution in [0.2, 0.25) is 0 Å². The Morgan fingerprint density at radius 2 is 2.14 bits per heavy atom. The lowest BCUT2D eigenvalue weighted by Gasteiger charge is -2.02. The Morgan fingerprint density at radius 3 is 2.90 bits per heavy atom. The van der Waals surface area contributed by atoms with Gasteiger partial charge in [0.25, 0.3) is 0 Å². The van der Waals surface area contributed by atoms with E-state index in [0.29, 0.717) is 0 Å². The number of aromatic nitrogens is 4. The van der Waals surface area contributed by atoms with E-state index < -0.39 is 0 Å². The van der Waals surface area contributed by atoms with Gasteiger partial charge in [-0.15, -0.1) is 0 Å². The van der Waals surface area contributed by atoms with Crippen LogP contribution in [0.15, 0.2) is 48.4 Å². The third kappa shape index (κ3) is 2.78. The van der Waals surface area contributed by atoms with Gasteiger partial charge in [-0.25, -0.2) is 9.97 Å². The Bertz CT molecular complexity index is 797. The summed E-state index contributed by atoms with van der Waals surface area (Å²) >= 11 is 1.67. The summed E-state index contributed by atoms with van der Waals surface area (Å²) in [6.45, 7) is 4.13. The number of rotatable bonds is 4. The number of fused-ring (bicyclic) bond motifs is 1. The van der Waals surface area contributed by atoms with E-state index in [1.165, 1.54) is 11.1 Å². The zero-order chi connectivity index (χ0) is 14.7. The van der Waals surface area contributed by atoms with Crippen molar-refractivity contribution in [3.63, 3.8) is 0 Å². The zero-order valence-corrected chi connectivity index (χ0v) is 12.7. The van der Waals surface area contributed by atoms with Gasteiger partial charge < -0.3 is 9.97 Å². The summed E-state index contributed by atoms with van der Waals surface area (Å²) in [7, 11) is 0. The van der Waals surface area contributed by atoms with E-state index in [2.05, 4.69) is 44.4 Å². The molecule has 0 unspecified atom stereocenters. The first kappa shape index (κ1) is 13.7. The average molecular weight is 296 g/mol. The molecule has 2 N–H and O–H groups in total. The maximum Gasteiger partial charge on any atom is 0.143 e. The van der Waals surface area contributed by atoms with E-state index >= 15 is 0 Å². The van der Waals surface area contributed by atoms with Crippen molar-refractivity contribution in [3.05, 3.63) is 59.8 Å². The van der Waals surface area contributed by atoms with E-state index in [4.69, 9.17) is 0 Å². The molecule has 0 aromatic carbocycles. The second kappa shape index (κ2) is 6.01. The fourth-order valence-corrected chi connectivity index (χ4v) is 2.95. The predicted octanol–water partition coefficient (Wildman–Crippen LogP) is 4.44. The van der Waals surface area contributed by atoms with Crippen molar-refractivity contribution in [2.45, 2.75) is 13.8 Å². The van der Waals surface area contributed by atoms with Crippen LogP contribution in [0, 0.1) is 0 Å². The van der Waals surface area contributed by atoms with Crippen molar-refractivity contribution >= 4 is 33.3 Å². The van der Waals surface area contributed by atoms with Crippen LogP contribution in [0.3, 0.4) is 0 Å². The number of nitrogens with one attached hydrogen (secondary N) is 2. The minimum Gasteiger partial charge on any atom is -0.346 e. The van der Waals surface area contributed by atoms with Crippen molar-refractivity contribution in [1.82, 2.24) is 19.9 Å². The highest BCUT2D eigenvalue weighted by molar-refractivity contribution is 8.11. The van der Waals surface area contributed by atoms with Gasteiger partial charge in [0, 0.05) is 35.7 Å². The van der Waals surface area contributed by atoms with E-state index in [1.807, 2.05) is 25.4 Å². The molecule has 3 aromatic rings. The van der Waals surface area contributed by atoms with Gasteiger partial charge in [0.05, 0.1) is 4.91 Å². The third-order valence-corrected chi connectivity index (χ3v) is 4.39. The molecule has 0 aliphatic rings. The topological polar surface area (TPSA) is 57.4 Å². The van der Waals surface area contributed by atoms with Crippen LogP contribution in [0.5, 0.6) is 0 Å². The van der Waals surface area contributed by atoms with E-state index in [9.17, 15) is 0 Å². The lowest BCUT2D eigenvalue weighted by atomic mass is 10.1. The Kier molecular flexibility index (Phi) is 3.92. The van der Waals surface area contributed by atoms with E-state index in [1.54, 1.807) is 24.2 Å². The Morgan fingerprint density at radius 1 is 1.24 bits per heavy atom. The molecule has 0 saturated carbocycles. The molecule has 0 fully saturated rings. The number of pyridine rings is 1. The summed E-state index contributed by atoms with van der Waals surface area (Å²) in [5.74, 6) is 0.896. The molecule has 0 aliphatic carbocycles. The lowest BCUT2D eigenvalue weighted by molar-refractivity contribution is 1.26. The summed E-state index contributed by atoms with van der Waals surface area (Å²) in [6, 6.07) is 4.04. The summed E-state index contributed by atoms with van der Waals surface area (Å²) in [5.41, 5.74) is 3.30. The van der Waals surface area contributed by atoms with Gasteiger partial charge in [0.15, 0.2) is 0 Å². The minimum absolute atomic E-state index is 0.896. The predicted molar refractivity (Wildman–Crippen MR) is 89.6 cm³/mol. The minimum atomic E-state index is 0.896. The quantitative estimate of drug-likeness (QED) is 0.748. The van der Waals surface area contributed by atoms with Crippen LogP contribution >= 0.6 is 11.8 Å². The van der Waals surface area contributed by atoms with Crippen molar-refractivity contribution in [1.29, 1.82) is 0 Å². The molecule has 0 amide bonds. The lowest BCUT2D eigenvalue weighted by Crippen LogP contribution is -1.82. The second-order valence-electron chi connectivity index (χ2n) is 4.61. The number of hydrogen-bond acceptors (Lipinski definition) is 3. The van der Waals surface area contributed by atoms with Gasteiger partial charge in [-0.1, -0.05) is 17.8 Å². The van der Waals surface area contributed by atoms with Crippen molar-refractivity contribution in [2.75, 3.05) is 0 Å². The SMILES string of the molecule is C/C=C(\S/C=C(\C)c1c[nH]c2ncccc12)c1ncc[nH]1. The molecule has 0 aliphatic heterocycles. The first-order chi connectivity index (χ1) is 10.3. The Balaban J connectivity index is 1.86. The maximum atomic E-state index is 4.32. The van der Waals surface area contributed by atoms with E-state index in [-0.39, 0.29) is 0 Å². The van der Waals surface area contributed by atoms with Crippen molar-refractivity contribution < 1.29 is 0 Å². The average Bonchev–Trinajstić information content (AvgIpc) is 3.17. The van der Waals surface area contributed by atoms with Crippen LogP contribution in [-0.4, -0.2) is 19.9 Å². The largest absolute Gasteiger partial charge is 0.346 e. The van der Waals surface area contributed by atoms with Gasteiger partial charge in [-0.05, 0) is 37.0 Å². The highest BCUT2D eigenvalue weighted by Crippen LogP contribution is 2.31. The molecule has 3 rings (SSSR count). The van der Waals surface area contributed by atoms with Gasteiger partial charge >= 0.3 is 0 Å². The molecule has 3 heterocycles. The number of allylic oxidation sites excluding steroid dienone is 2. The van der Waals surface area contributed by atoms with Gasteiger partial charge in [-0.2, -0.15) is 0 Å². The molecule has 0 atom stereocenters. The third-order valence-electron chi connectivity index (χ3n) is 3.23. The smallest absolute Gasteiger partial charge is 0.143 e. The number of thioether (sulfide) groups is 1. The van der Waals surface area contributed by atoms with Crippen LogP contribution in [0.4, 0.5) is 0 Å². The summed E-state index contributed by atoms with van der Waals surface area (Å²) < 4.78 is 0. The van der Waals surface area contributed by atoms with Crippen LogP contribution < -0.4 is 0 Å². The normalized spacial score (nSPS) is 13.0. The fourth-order valence-electron chi connectivity index (χ4n) is 2.16. The van der Waals surface area contributed by atoms with Gasteiger partial charge in [0.1, 0.15) is 11.5 Å². The number of imidazole rings is 1. The van der Waals surface area contributed by atoms with Crippen molar-refractivity contribution in [3.8, 4) is 0 Å². The number of hydrogen-bond donors (Lipinski definition) is 2. The van der Waals surface area contributed by atoms with E-state index in [0.717, 1.165) is 21.8 Å². The molecule has 0 bridgehead atoms. The van der Waals surface area contributed by atoms with Crippen molar-refractivity contribution in [2.24, 2.45) is 0 Å². The zero-order valence-electron chi connectivity index (χ0n) is 11.9. The molecule has 0 saturated heterocycles. The number of H-pyrrole nitrogens is 2. The fraction of sp³-hybridized carbons (Fsp3) is 0.125. The summed E-state index contributed by atoms with van der Waals surface area (Å²) in [6.07, 6.45) is 9.46. The molecule has 3 aromatic heterocycles. The monoisotopic (exact) mass is 296 g/mol. The Labute approximate surface area is 127 Å². The molecule has 21 heavy (non-hydrogen) atoms. The Hall–Kier alpha value is -2.27. The molecule has 0 spiro atoms. The maximum absolute atomic E-state index is 4.32. The number of nitrogens with zero attached hydrogens (tertiary/aromatic N) is 2. The molecule has 0 radical (unpaired) electrons. The van der Waals surface area contributed by atoms with Crippen LogP contribution in [0.1, 0.15) is 25.2 Å². The highest BCUT2D eigenvalue weighted by atomic mass is 32.2. The molecule has 4 nitrogen and oxygen atoms in total. The second-order valence-corrected chi connectivity index (χ2v) is 5.52. The van der Waals surface area contributed by atoms with Crippen LogP contribution in [0.25, 0.3) is 21.5 Å². The van der Waals surface area contributed by atoms with Gasteiger partial charge in [0.2, 0.25) is 0 Å². The highest BCUT2D eigenvalue weighted by Gasteiger charge is 2.07. The molecule has 106 valence electrons. The molecule has 5 heteroatoms. The summed E-state index contributed by atoms with van der Waals surface area (Å²) in [4.78, 5) is 16.1. The summed E-state index contributed by atoms with van der Waals surface area (Å²) in [5, 5.41) is 3.29. The van der Waals surface area contributed by atoms with Crippen LogP contribution in [-0.2, 0) is 0 Å². The standard InChI is InChI=1S/C16H16N4S/c1-3-14(16-18-7-8-19-16)21-10-11(2)13-9-20-15-12(13)5-4-6-17-15/h3-10H,1-2H3,(H,17,20)(H,18,19)/b11-10+,14-3-. The molecular weight excluding hydrogens is 280 g/mol. The first-order valence-corrected chi connectivity index (χ1v) is 7.59.